The number of unbranched alkanes of at least 4 members (excludes halogenated alkanes) is 11. The molecule has 0 radical (unpaired) electrons. The molecule has 0 saturated carbocycles. The molecule has 0 aromatic rings. The lowest BCUT2D eigenvalue weighted by atomic mass is 9.92. The maximum Gasteiger partial charge on any atom is 0.303 e. The van der Waals surface area contributed by atoms with Gasteiger partial charge in [0, 0.05) is 13.0 Å². The minimum atomic E-state index is -0.664. The first kappa shape index (κ1) is 26.0. The predicted octanol–water partition coefficient (Wildman–Crippen LogP) is 7.17. The molecular formula is C27H48N2O2. The Kier molecular flexibility index (Phi) is 13.7. The van der Waals surface area contributed by atoms with E-state index in [1.165, 1.54) is 116 Å². The third-order valence-electron chi connectivity index (χ3n) is 6.97. The number of fused-ring (bicyclic) bond motifs is 1. The van der Waals surface area contributed by atoms with Crippen LogP contribution in [0, 0.1) is 0 Å². The molecule has 2 rings (SSSR count). The number of hydrogen-bond acceptors (Lipinski definition) is 3. The Balaban J connectivity index is 1.38. The maximum absolute atomic E-state index is 10.4. The number of carbonyl (C=O) groups is 1. The van der Waals surface area contributed by atoms with Gasteiger partial charge in [0.15, 0.2) is 0 Å². The highest BCUT2D eigenvalue weighted by molar-refractivity contribution is 5.66. The molecule has 1 saturated heterocycles. The second kappa shape index (κ2) is 16.4. The summed E-state index contributed by atoms with van der Waals surface area (Å²) in [6.45, 7) is 2.41. The first-order valence-electron chi connectivity index (χ1n) is 13.3. The van der Waals surface area contributed by atoms with Crippen molar-refractivity contribution in [3.63, 3.8) is 0 Å². The minimum absolute atomic E-state index is 0.258. The Bertz CT molecular complexity index is 531. The Labute approximate surface area is 191 Å². The molecule has 2 aliphatic heterocycles. The molecule has 1 atom stereocenters. The van der Waals surface area contributed by atoms with Crippen LogP contribution in [0.4, 0.5) is 0 Å². The van der Waals surface area contributed by atoms with Crippen molar-refractivity contribution in [2.24, 2.45) is 0 Å². The lowest BCUT2D eigenvalue weighted by Crippen LogP contribution is -2.60. The molecule has 31 heavy (non-hydrogen) atoms. The fourth-order valence-corrected chi connectivity index (χ4v) is 5.10. The topological polar surface area (TPSA) is 52.6 Å². The van der Waals surface area contributed by atoms with Crippen LogP contribution in [0.1, 0.15) is 122 Å². The van der Waals surface area contributed by atoms with Gasteiger partial charge in [0.25, 0.3) is 0 Å². The van der Waals surface area contributed by atoms with Gasteiger partial charge in [-0.15, -0.1) is 0 Å². The van der Waals surface area contributed by atoms with Crippen LogP contribution >= 0.6 is 0 Å². The van der Waals surface area contributed by atoms with Gasteiger partial charge in [-0.3, -0.25) is 10.1 Å². The molecule has 2 heterocycles. The highest BCUT2D eigenvalue weighted by Gasteiger charge is 2.36. The summed E-state index contributed by atoms with van der Waals surface area (Å²) in [6.07, 6.45) is 32.4. The normalized spacial score (nSPS) is 21.4. The summed E-state index contributed by atoms with van der Waals surface area (Å²) in [6, 6.07) is 0. The summed E-state index contributed by atoms with van der Waals surface area (Å²) in [5.41, 5.74) is 0.258. The van der Waals surface area contributed by atoms with Crippen molar-refractivity contribution >= 4 is 5.97 Å². The fraction of sp³-hybridized carbons (Fsp3) is 0.815. The SMILES string of the molecule is O=C(O)CCCCCCC/C=C\CCCCCCCCC12CCCC=CN1CCCN2. The Morgan fingerprint density at radius 2 is 1.55 bits per heavy atom. The number of allylic oxidation sites excluding steroid dienone is 3. The van der Waals surface area contributed by atoms with E-state index in [0.717, 1.165) is 12.8 Å². The highest BCUT2D eigenvalue weighted by atomic mass is 16.4. The average Bonchev–Trinajstić information content (AvgIpc) is 2.98. The van der Waals surface area contributed by atoms with Crippen LogP contribution in [-0.2, 0) is 4.79 Å². The predicted molar refractivity (Wildman–Crippen MR) is 131 cm³/mol. The quantitative estimate of drug-likeness (QED) is 0.189. The Morgan fingerprint density at radius 3 is 2.26 bits per heavy atom. The van der Waals surface area contributed by atoms with Gasteiger partial charge in [-0.25, -0.2) is 0 Å². The molecule has 4 nitrogen and oxygen atoms in total. The van der Waals surface area contributed by atoms with Gasteiger partial charge in [0.05, 0.1) is 5.66 Å². The largest absolute Gasteiger partial charge is 0.481 e. The van der Waals surface area contributed by atoms with E-state index in [0.29, 0.717) is 6.42 Å². The summed E-state index contributed by atoms with van der Waals surface area (Å²) in [4.78, 5) is 13.1. The number of hydrogen-bond donors (Lipinski definition) is 2. The van der Waals surface area contributed by atoms with Gasteiger partial charge in [-0.1, -0.05) is 63.2 Å². The lowest BCUT2D eigenvalue weighted by molar-refractivity contribution is -0.137. The first-order valence-corrected chi connectivity index (χ1v) is 13.3. The van der Waals surface area contributed by atoms with E-state index in [1.807, 2.05) is 0 Å². The molecule has 0 spiro atoms. The van der Waals surface area contributed by atoms with Gasteiger partial charge in [0.1, 0.15) is 0 Å². The maximum atomic E-state index is 10.4. The zero-order valence-corrected chi connectivity index (χ0v) is 20.0. The Morgan fingerprint density at radius 1 is 0.903 bits per heavy atom. The van der Waals surface area contributed by atoms with E-state index in [2.05, 4.69) is 34.6 Å². The zero-order chi connectivity index (χ0) is 22.0. The molecule has 0 aromatic heterocycles. The van der Waals surface area contributed by atoms with Gasteiger partial charge in [0.2, 0.25) is 0 Å². The van der Waals surface area contributed by atoms with Gasteiger partial charge >= 0.3 is 5.97 Å². The number of rotatable bonds is 17. The number of carboxylic acids is 1. The van der Waals surface area contributed by atoms with Crippen LogP contribution in [0.5, 0.6) is 0 Å². The number of aliphatic carboxylic acids is 1. The minimum Gasteiger partial charge on any atom is -0.481 e. The molecule has 1 unspecified atom stereocenters. The number of nitrogens with zero attached hydrogens (tertiary/aromatic N) is 1. The highest BCUT2D eigenvalue weighted by Crippen LogP contribution is 2.31. The first-order chi connectivity index (χ1) is 15.2. The van der Waals surface area contributed by atoms with Gasteiger partial charge in [-0.2, -0.15) is 0 Å². The molecule has 0 amide bonds. The van der Waals surface area contributed by atoms with Crippen LogP contribution in [0.3, 0.4) is 0 Å². The van der Waals surface area contributed by atoms with Gasteiger partial charge in [-0.05, 0) is 83.4 Å². The molecule has 2 aliphatic rings. The Hall–Kier alpha value is -1.29. The average molecular weight is 433 g/mol. The molecular weight excluding hydrogens is 384 g/mol. The molecule has 2 N–H and O–H groups in total. The molecule has 0 aliphatic carbocycles. The second-order valence-corrected chi connectivity index (χ2v) is 9.61. The number of carboxylic acid groups (broad SMARTS) is 1. The van der Waals surface area contributed by atoms with Crippen LogP contribution in [0.15, 0.2) is 24.4 Å². The van der Waals surface area contributed by atoms with Crippen LogP contribution in [0.25, 0.3) is 0 Å². The van der Waals surface area contributed by atoms with E-state index in [1.54, 1.807) is 0 Å². The van der Waals surface area contributed by atoms with Crippen LogP contribution < -0.4 is 5.32 Å². The van der Waals surface area contributed by atoms with E-state index in [4.69, 9.17) is 5.11 Å². The fourth-order valence-electron chi connectivity index (χ4n) is 5.10. The summed E-state index contributed by atoms with van der Waals surface area (Å²) >= 11 is 0. The van der Waals surface area contributed by atoms with E-state index >= 15 is 0 Å². The molecule has 4 heteroatoms. The third kappa shape index (κ3) is 11.2. The molecule has 0 bridgehead atoms. The van der Waals surface area contributed by atoms with Crippen molar-refractivity contribution in [2.45, 2.75) is 128 Å². The van der Waals surface area contributed by atoms with Crippen LogP contribution in [0.2, 0.25) is 0 Å². The second-order valence-electron chi connectivity index (χ2n) is 9.61. The summed E-state index contributed by atoms with van der Waals surface area (Å²) < 4.78 is 0. The lowest BCUT2D eigenvalue weighted by Gasteiger charge is -2.47. The molecule has 1 fully saturated rings. The summed E-state index contributed by atoms with van der Waals surface area (Å²) in [5.74, 6) is -0.664. The van der Waals surface area contributed by atoms with Gasteiger partial charge < -0.3 is 10.0 Å². The summed E-state index contributed by atoms with van der Waals surface area (Å²) in [7, 11) is 0. The third-order valence-corrected chi connectivity index (χ3v) is 6.97. The van der Waals surface area contributed by atoms with Crippen molar-refractivity contribution in [1.82, 2.24) is 10.2 Å². The number of nitrogens with one attached hydrogen (secondary N) is 1. The van der Waals surface area contributed by atoms with Crippen molar-refractivity contribution in [2.75, 3.05) is 13.1 Å². The van der Waals surface area contributed by atoms with Crippen molar-refractivity contribution in [1.29, 1.82) is 0 Å². The van der Waals surface area contributed by atoms with Crippen LogP contribution in [-0.4, -0.2) is 34.7 Å². The van der Waals surface area contributed by atoms with E-state index in [9.17, 15) is 4.79 Å². The monoisotopic (exact) mass is 432 g/mol. The molecule has 0 aromatic carbocycles. The van der Waals surface area contributed by atoms with E-state index in [-0.39, 0.29) is 5.66 Å². The van der Waals surface area contributed by atoms with Crippen molar-refractivity contribution < 1.29 is 9.90 Å². The van der Waals surface area contributed by atoms with E-state index < -0.39 is 5.97 Å². The smallest absolute Gasteiger partial charge is 0.303 e. The molecule has 178 valence electrons. The standard InChI is InChI=1S/C27H48N2O2/c30-26(31)20-15-12-10-8-6-4-2-1-3-5-7-9-11-13-16-21-27-22-17-14-18-24-29(27)25-19-23-28-27/h1-2,18,24,28H,3-17,19-23,25H2,(H,30,31)/b2-1-. The zero-order valence-electron chi connectivity index (χ0n) is 20.0. The summed E-state index contributed by atoms with van der Waals surface area (Å²) in [5, 5.41) is 12.5. The van der Waals surface area contributed by atoms with Crippen molar-refractivity contribution in [3.05, 3.63) is 24.4 Å². The van der Waals surface area contributed by atoms with Crippen molar-refractivity contribution in [3.8, 4) is 0 Å².